The van der Waals surface area contributed by atoms with Crippen molar-refractivity contribution < 1.29 is 13.2 Å². The van der Waals surface area contributed by atoms with E-state index in [1.54, 1.807) is 7.11 Å². The van der Waals surface area contributed by atoms with Crippen LogP contribution in [0.25, 0.3) is 0 Å². The van der Waals surface area contributed by atoms with Crippen molar-refractivity contribution >= 4 is 10.0 Å². The molecule has 0 bridgehead atoms. The van der Waals surface area contributed by atoms with Gasteiger partial charge in [0, 0.05) is 25.8 Å². The first-order chi connectivity index (χ1) is 8.05. The summed E-state index contributed by atoms with van der Waals surface area (Å²) in [6, 6.07) is -0.121. The number of nitrogens with two attached hydrogens (primary N) is 1. The summed E-state index contributed by atoms with van der Waals surface area (Å²) in [5, 5.41) is 0. The van der Waals surface area contributed by atoms with Crippen LogP contribution in [0.3, 0.4) is 0 Å². The minimum absolute atomic E-state index is 0.00308. The molecule has 0 radical (unpaired) electrons. The number of hydrogen-bond acceptors (Lipinski definition) is 4. The zero-order valence-corrected chi connectivity index (χ0v) is 12.8. The van der Waals surface area contributed by atoms with Crippen molar-refractivity contribution in [2.24, 2.45) is 16.6 Å². The van der Waals surface area contributed by atoms with Crippen LogP contribution in [-0.2, 0) is 14.8 Å². The van der Waals surface area contributed by atoms with Crippen LogP contribution in [0.4, 0.5) is 0 Å². The number of methoxy groups -OCH3 is 1. The molecule has 0 amide bonds. The van der Waals surface area contributed by atoms with E-state index < -0.39 is 10.0 Å². The van der Waals surface area contributed by atoms with Gasteiger partial charge < -0.3 is 10.5 Å². The summed E-state index contributed by atoms with van der Waals surface area (Å²) in [6.45, 7) is 8.48. The van der Waals surface area contributed by atoms with Gasteiger partial charge in [-0.15, -0.1) is 0 Å². The molecule has 18 heavy (non-hydrogen) atoms. The number of ether oxygens (including phenoxy) is 1. The first kappa shape index (κ1) is 15.9. The van der Waals surface area contributed by atoms with Crippen molar-refractivity contribution in [1.29, 1.82) is 0 Å². The Morgan fingerprint density at radius 2 is 1.72 bits per heavy atom. The maximum absolute atomic E-state index is 12.0. The van der Waals surface area contributed by atoms with Crippen LogP contribution in [-0.4, -0.2) is 40.0 Å². The Kier molecular flexibility index (Phi) is 4.48. The molecule has 1 rings (SSSR count). The molecule has 1 fully saturated rings. The largest absolute Gasteiger partial charge is 0.385 e. The Balaban J connectivity index is 2.67. The summed E-state index contributed by atoms with van der Waals surface area (Å²) < 4.78 is 31.6. The van der Waals surface area contributed by atoms with E-state index in [0.29, 0.717) is 13.0 Å². The molecule has 0 saturated heterocycles. The van der Waals surface area contributed by atoms with E-state index in [2.05, 4.69) is 4.72 Å². The molecule has 0 heterocycles. The van der Waals surface area contributed by atoms with Crippen LogP contribution in [0, 0.1) is 10.8 Å². The van der Waals surface area contributed by atoms with Gasteiger partial charge in [0.1, 0.15) is 0 Å². The third kappa shape index (κ3) is 2.87. The van der Waals surface area contributed by atoms with Crippen molar-refractivity contribution in [2.45, 2.75) is 46.2 Å². The molecule has 0 atom stereocenters. The first-order valence-electron chi connectivity index (χ1n) is 6.30. The van der Waals surface area contributed by atoms with Gasteiger partial charge in [0.05, 0.1) is 5.75 Å². The summed E-state index contributed by atoms with van der Waals surface area (Å²) in [5.41, 5.74) is 5.69. The van der Waals surface area contributed by atoms with Crippen molar-refractivity contribution in [3.05, 3.63) is 0 Å². The highest BCUT2D eigenvalue weighted by atomic mass is 32.2. The zero-order chi connectivity index (χ0) is 14.2. The Morgan fingerprint density at radius 3 is 2.17 bits per heavy atom. The lowest BCUT2D eigenvalue weighted by Gasteiger charge is -2.62. The highest BCUT2D eigenvalue weighted by molar-refractivity contribution is 7.89. The number of rotatable bonds is 6. The molecule has 1 saturated carbocycles. The van der Waals surface area contributed by atoms with E-state index in [0.717, 1.165) is 0 Å². The van der Waals surface area contributed by atoms with E-state index in [4.69, 9.17) is 10.5 Å². The lowest BCUT2D eigenvalue weighted by Crippen LogP contribution is -2.76. The Bertz CT molecular complexity index is 374. The molecule has 0 spiro atoms. The number of sulfonamides is 1. The van der Waals surface area contributed by atoms with Gasteiger partial charge in [-0.25, -0.2) is 13.1 Å². The minimum Gasteiger partial charge on any atom is -0.385 e. The van der Waals surface area contributed by atoms with Gasteiger partial charge >= 0.3 is 0 Å². The molecule has 1 aliphatic rings. The van der Waals surface area contributed by atoms with Crippen LogP contribution in [0.15, 0.2) is 0 Å². The second-order valence-electron chi connectivity index (χ2n) is 6.34. The molecule has 108 valence electrons. The molecule has 0 aliphatic heterocycles. The monoisotopic (exact) mass is 278 g/mol. The van der Waals surface area contributed by atoms with Crippen LogP contribution < -0.4 is 10.5 Å². The van der Waals surface area contributed by atoms with E-state index >= 15 is 0 Å². The maximum atomic E-state index is 12.0. The standard InChI is InChI=1S/C12H26N2O3S/c1-11(2)9(13)12(3,4)10(11)14-18(15,16)8-6-7-17-5/h9-10,14H,6-8,13H2,1-5H3. The van der Waals surface area contributed by atoms with Gasteiger partial charge in [0.25, 0.3) is 0 Å². The Hall–Kier alpha value is -0.170. The van der Waals surface area contributed by atoms with E-state index in [-0.39, 0.29) is 28.7 Å². The van der Waals surface area contributed by atoms with Crippen molar-refractivity contribution in [3.8, 4) is 0 Å². The van der Waals surface area contributed by atoms with Gasteiger partial charge in [-0.2, -0.15) is 0 Å². The molecule has 0 aromatic carbocycles. The third-order valence-corrected chi connectivity index (χ3v) is 5.57. The SMILES string of the molecule is COCCCS(=O)(=O)NC1C(C)(C)C(N)C1(C)C. The van der Waals surface area contributed by atoms with Crippen molar-refractivity contribution in [2.75, 3.05) is 19.5 Å². The number of hydrogen-bond donors (Lipinski definition) is 2. The normalized spacial score (nSPS) is 29.9. The fourth-order valence-corrected chi connectivity index (χ4v) is 4.70. The molecule has 6 heteroatoms. The minimum atomic E-state index is -3.26. The van der Waals surface area contributed by atoms with Crippen LogP contribution >= 0.6 is 0 Å². The highest BCUT2D eigenvalue weighted by Crippen LogP contribution is 2.52. The fraction of sp³-hybridized carbons (Fsp3) is 1.00. The van der Waals surface area contributed by atoms with Crippen LogP contribution in [0.1, 0.15) is 34.1 Å². The summed E-state index contributed by atoms with van der Waals surface area (Å²) in [4.78, 5) is 0. The maximum Gasteiger partial charge on any atom is 0.211 e. The quantitative estimate of drug-likeness (QED) is 0.701. The van der Waals surface area contributed by atoms with Gasteiger partial charge in [0.2, 0.25) is 10.0 Å². The topological polar surface area (TPSA) is 81.4 Å². The molecule has 0 aromatic rings. The van der Waals surface area contributed by atoms with Gasteiger partial charge in [-0.05, 0) is 17.3 Å². The van der Waals surface area contributed by atoms with Crippen molar-refractivity contribution in [1.82, 2.24) is 4.72 Å². The van der Waals surface area contributed by atoms with E-state index in [1.807, 2.05) is 27.7 Å². The molecule has 0 aromatic heterocycles. The molecule has 1 aliphatic carbocycles. The first-order valence-corrected chi connectivity index (χ1v) is 7.95. The summed E-state index contributed by atoms with van der Waals surface area (Å²) >= 11 is 0. The molecule has 3 N–H and O–H groups in total. The second-order valence-corrected chi connectivity index (χ2v) is 8.21. The van der Waals surface area contributed by atoms with E-state index in [1.165, 1.54) is 0 Å². The zero-order valence-electron chi connectivity index (χ0n) is 12.0. The second kappa shape index (κ2) is 5.07. The Labute approximate surface area is 111 Å². The van der Waals surface area contributed by atoms with Gasteiger partial charge in [0.15, 0.2) is 0 Å². The average molecular weight is 278 g/mol. The van der Waals surface area contributed by atoms with Crippen molar-refractivity contribution in [3.63, 3.8) is 0 Å². The van der Waals surface area contributed by atoms with Crippen LogP contribution in [0.5, 0.6) is 0 Å². The predicted octanol–water partition coefficient (Wildman–Crippen LogP) is 0.704. The van der Waals surface area contributed by atoms with Gasteiger partial charge in [-0.3, -0.25) is 0 Å². The van der Waals surface area contributed by atoms with E-state index in [9.17, 15) is 8.42 Å². The molecule has 5 nitrogen and oxygen atoms in total. The smallest absolute Gasteiger partial charge is 0.211 e. The lowest BCUT2D eigenvalue weighted by atomic mass is 9.49. The highest BCUT2D eigenvalue weighted by Gasteiger charge is 2.60. The predicted molar refractivity (Wildman–Crippen MR) is 72.7 cm³/mol. The summed E-state index contributed by atoms with van der Waals surface area (Å²) in [6.07, 6.45) is 0.505. The third-order valence-electron chi connectivity index (χ3n) is 4.15. The van der Waals surface area contributed by atoms with Crippen LogP contribution in [0.2, 0.25) is 0 Å². The molecule has 0 unspecified atom stereocenters. The average Bonchev–Trinajstić information content (AvgIpc) is 2.25. The fourth-order valence-electron chi connectivity index (χ4n) is 3.12. The Morgan fingerprint density at radius 1 is 1.22 bits per heavy atom. The number of nitrogens with one attached hydrogen (secondary N) is 1. The summed E-state index contributed by atoms with van der Waals surface area (Å²) in [7, 11) is -1.70. The molecular weight excluding hydrogens is 252 g/mol. The summed E-state index contributed by atoms with van der Waals surface area (Å²) in [5.74, 6) is 0.0960. The van der Waals surface area contributed by atoms with Gasteiger partial charge in [-0.1, -0.05) is 27.7 Å². The lowest BCUT2D eigenvalue weighted by molar-refractivity contribution is -0.0593. The molecular formula is C12H26N2O3S.